The topological polar surface area (TPSA) is 32.3 Å². The van der Waals surface area contributed by atoms with Crippen molar-refractivity contribution in [2.75, 3.05) is 7.05 Å². The van der Waals surface area contributed by atoms with Gasteiger partial charge in [-0.05, 0) is 47.0 Å². The molecule has 2 amide bonds. The summed E-state index contributed by atoms with van der Waals surface area (Å²) in [5.74, 6) is 0. The van der Waals surface area contributed by atoms with Crippen molar-refractivity contribution in [2.45, 2.75) is 19.5 Å². The first-order valence-electron chi connectivity index (χ1n) is 6.34. The average Bonchev–Trinajstić information content (AvgIpc) is 2.91. The summed E-state index contributed by atoms with van der Waals surface area (Å²) in [7, 11) is 1.81. The normalized spacial score (nSPS) is 11.9. The van der Waals surface area contributed by atoms with E-state index in [9.17, 15) is 4.79 Å². The van der Waals surface area contributed by atoms with Gasteiger partial charge in [-0.3, -0.25) is 0 Å². The van der Waals surface area contributed by atoms with Crippen molar-refractivity contribution in [3.05, 3.63) is 56.7 Å². The van der Waals surface area contributed by atoms with E-state index < -0.39 is 0 Å². The quantitative estimate of drug-likeness (QED) is 0.867. The molecule has 1 unspecified atom stereocenters. The minimum Gasteiger partial charge on any atom is -0.331 e. The van der Waals surface area contributed by atoms with E-state index in [1.165, 1.54) is 0 Å². The lowest BCUT2D eigenvalue weighted by Gasteiger charge is -2.21. The monoisotopic (exact) mass is 352 g/mol. The second kappa shape index (κ2) is 6.90. The van der Waals surface area contributed by atoms with Crippen LogP contribution in [0.5, 0.6) is 0 Å². The third-order valence-corrected chi connectivity index (χ3v) is 4.26. The number of nitrogens with one attached hydrogen (secondary N) is 1. The van der Waals surface area contributed by atoms with Crippen molar-refractivity contribution in [2.24, 2.45) is 0 Å². The highest BCUT2D eigenvalue weighted by Crippen LogP contribution is 2.18. The Labute approximate surface area is 131 Å². The zero-order valence-corrected chi connectivity index (χ0v) is 13.9. The fourth-order valence-electron chi connectivity index (χ4n) is 1.88. The van der Waals surface area contributed by atoms with Gasteiger partial charge in [-0.1, -0.05) is 28.1 Å². The van der Waals surface area contributed by atoms with Gasteiger partial charge in [-0.15, -0.1) is 0 Å². The molecule has 1 N–H and O–H groups in total. The van der Waals surface area contributed by atoms with E-state index in [1.54, 1.807) is 23.3 Å². The molecular weight excluding hydrogens is 336 g/mol. The first-order valence-corrected chi connectivity index (χ1v) is 8.08. The molecule has 5 heteroatoms. The Morgan fingerprint density at radius 2 is 2.25 bits per heavy atom. The Bertz CT molecular complexity index is 571. The maximum Gasteiger partial charge on any atom is 0.317 e. The largest absolute Gasteiger partial charge is 0.331 e. The highest BCUT2D eigenvalue weighted by atomic mass is 79.9. The number of urea groups is 1. The summed E-state index contributed by atoms with van der Waals surface area (Å²) in [6.45, 7) is 2.61. The molecule has 1 heterocycles. The molecule has 0 radical (unpaired) electrons. The van der Waals surface area contributed by atoms with Gasteiger partial charge in [0.1, 0.15) is 0 Å². The minimum atomic E-state index is -0.0660. The molecule has 106 valence electrons. The van der Waals surface area contributed by atoms with Crippen molar-refractivity contribution in [3.63, 3.8) is 0 Å². The minimum absolute atomic E-state index is 0.0232. The summed E-state index contributed by atoms with van der Waals surface area (Å²) >= 11 is 5.09. The van der Waals surface area contributed by atoms with E-state index in [4.69, 9.17) is 0 Å². The number of hydrogen-bond acceptors (Lipinski definition) is 2. The van der Waals surface area contributed by atoms with Crippen LogP contribution >= 0.6 is 27.3 Å². The van der Waals surface area contributed by atoms with Crippen LogP contribution in [0.1, 0.15) is 24.1 Å². The van der Waals surface area contributed by atoms with E-state index in [2.05, 4.69) is 26.6 Å². The summed E-state index contributed by atoms with van der Waals surface area (Å²) in [6.07, 6.45) is 0. The Morgan fingerprint density at radius 3 is 2.90 bits per heavy atom. The summed E-state index contributed by atoms with van der Waals surface area (Å²) in [6, 6.07) is 9.91. The first-order chi connectivity index (χ1) is 9.56. The van der Waals surface area contributed by atoms with Gasteiger partial charge >= 0.3 is 6.03 Å². The van der Waals surface area contributed by atoms with Crippen molar-refractivity contribution < 1.29 is 4.79 Å². The van der Waals surface area contributed by atoms with Gasteiger partial charge in [0.15, 0.2) is 0 Å². The van der Waals surface area contributed by atoms with E-state index >= 15 is 0 Å². The van der Waals surface area contributed by atoms with Gasteiger partial charge in [0.05, 0.1) is 6.04 Å². The molecular formula is C15H17BrN2OS. The predicted octanol–water partition coefficient (Wildman–Crippen LogP) is 4.41. The molecule has 20 heavy (non-hydrogen) atoms. The van der Waals surface area contributed by atoms with E-state index in [0.29, 0.717) is 6.54 Å². The Kier molecular flexibility index (Phi) is 5.20. The van der Waals surface area contributed by atoms with Crippen molar-refractivity contribution >= 4 is 33.3 Å². The van der Waals surface area contributed by atoms with Crippen LogP contribution in [0.15, 0.2) is 45.6 Å². The zero-order chi connectivity index (χ0) is 14.5. The second-order valence-corrected chi connectivity index (χ2v) is 6.41. The number of halogens is 1. The van der Waals surface area contributed by atoms with Gasteiger partial charge in [-0.2, -0.15) is 11.3 Å². The summed E-state index contributed by atoms with van der Waals surface area (Å²) in [5, 5.41) is 7.08. The predicted molar refractivity (Wildman–Crippen MR) is 86.9 cm³/mol. The van der Waals surface area contributed by atoms with Gasteiger partial charge < -0.3 is 10.2 Å². The maximum absolute atomic E-state index is 12.1. The fourth-order valence-corrected chi connectivity index (χ4v) is 2.96. The van der Waals surface area contributed by atoms with E-state index in [1.807, 2.05) is 42.6 Å². The Morgan fingerprint density at radius 1 is 1.45 bits per heavy atom. The molecule has 0 aliphatic carbocycles. The van der Waals surface area contributed by atoms with Crippen LogP contribution < -0.4 is 5.32 Å². The van der Waals surface area contributed by atoms with Crippen molar-refractivity contribution in [1.82, 2.24) is 10.2 Å². The molecule has 1 atom stereocenters. The molecule has 1 aromatic carbocycles. The molecule has 1 aromatic heterocycles. The lowest BCUT2D eigenvalue weighted by Crippen LogP contribution is -2.38. The number of thiophene rings is 1. The smallest absolute Gasteiger partial charge is 0.317 e. The molecule has 0 saturated carbocycles. The van der Waals surface area contributed by atoms with Gasteiger partial charge in [0, 0.05) is 18.1 Å². The molecule has 0 aliphatic heterocycles. The molecule has 2 rings (SSSR count). The van der Waals surface area contributed by atoms with Crippen LogP contribution in [0.4, 0.5) is 4.79 Å². The third-order valence-electron chi connectivity index (χ3n) is 3.04. The highest BCUT2D eigenvalue weighted by Gasteiger charge is 2.13. The molecule has 0 bridgehead atoms. The molecule has 0 aliphatic rings. The number of carbonyl (C=O) groups is 1. The zero-order valence-electron chi connectivity index (χ0n) is 11.5. The SMILES string of the molecule is CC(NC(=O)N(C)Cc1ccsc1)c1cccc(Br)c1. The number of carbonyl (C=O) groups excluding carboxylic acids is 1. The number of amides is 2. The first kappa shape index (κ1) is 15.1. The second-order valence-electron chi connectivity index (χ2n) is 4.71. The maximum atomic E-state index is 12.1. The molecule has 2 aromatic rings. The third kappa shape index (κ3) is 4.08. The standard InChI is InChI=1S/C15H17BrN2OS/c1-11(13-4-3-5-14(16)8-13)17-15(19)18(2)9-12-6-7-20-10-12/h3-8,10-11H,9H2,1-2H3,(H,17,19). The average molecular weight is 353 g/mol. The summed E-state index contributed by atoms with van der Waals surface area (Å²) in [4.78, 5) is 13.8. The lowest BCUT2D eigenvalue weighted by molar-refractivity contribution is 0.203. The van der Waals surface area contributed by atoms with Crippen molar-refractivity contribution in [1.29, 1.82) is 0 Å². The van der Waals surface area contributed by atoms with Crippen LogP contribution in [0, 0.1) is 0 Å². The van der Waals surface area contributed by atoms with Gasteiger partial charge in [0.25, 0.3) is 0 Å². The highest BCUT2D eigenvalue weighted by molar-refractivity contribution is 9.10. The van der Waals surface area contributed by atoms with Gasteiger partial charge in [-0.25, -0.2) is 4.79 Å². The van der Waals surface area contributed by atoms with E-state index in [-0.39, 0.29) is 12.1 Å². The molecule has 0 spiro atoms. The van der Waals surface area contributed by atoms with Crippen LogP contribution in [0.2, 0.25) is 0 Å². The summed E-state index contributed by atoms with van der Waals surface area (Å²) in [5.41, 5.74) is 2.24. The van der Waals surface area contributed by atoms with Crippen LogP contribution in [-0.2, 0) is 6.54 Å². The lowest BCUT2D eigenvalue weighted by atomic mass is 10.1. The molecule has 0 saturated heterocycles. The van der Waals surface area contributed by atoms with Gasteiger partial charge in [0.2, 0.25) is 0 Å². The Balaban J connectivity index is 1.93. The molecule has 3 nitrogen and oxygen atoms in total. The summed E-state index contributed by atoms with van der Waals surface area (Å²) < 4.78 is 1.02. The van der Waals surface area contributed by atoms with Crippen LogP contribution in [-0.4, -0.2) is 18.0 Å². The van der Waals surface area contributed by atoms with E-state index in [0.717, 1.165) is 15.6 Å². The van der Waals surface area contributed by atoms with Crippen LogP contribution in [0.25, 0.3) is 0 Å². The van der Waals surface area contributed by atoms with Crippen LogP contribution in [0.3, 0.4) is 0 Å². The fraction of sp³-hybridized carbons (Fsp3) is 0.267. The number of nitrogens with zero attached hydrogens (tertiary/aromatic N) is 1. The number of rotatable bonds is 4. The molecule has 0 fully saturated rings. The number of hydrogen-bond donors (Lipinski definition) is 1. The Hall–Kier alpha value is -1.33. The van der Waals surface area contributed by atoms with Crippen molar-refractivity contribution in [3.8, 4) is 0 Å². The number of benzene rings is 1.